The van der Waals surface area contributed by atoms with Gasteiger partial charge in [-0.05, 0) is 0 Å². The molecule has 0 amide bonds. The number of hydrogen-bond acceptors (Lipinski definition) is 6. The van der Waals surface area contributed by atoms with Crippen LogP contribution in [-0.4, -0.2) is 17.7 Å². The van der Waals surface area contributed by atoms with Gasteiger partial charge in [-0.1, -0.05) is 0 Å². The average Bonchev–Trinajstić information content (AvgIpc) is 1.27. The Hall–Kier alpha value is 1.55. The van der Waals surface area contributed by atoms with Crippen LogP contribution in [0.4, 0.5) is 0 Å². The molecule has 0 bridgehead atoms. The molecule has 0 aromatic carbocycles. The van der Waals surface area contributed by atoms with Crippen molar-refractivity contribution in [1.29, 1.82) is 0 Å². The summed E-state index contributed by atoms with van der Waals surface area (Å²) in [5, 5.41) is 14.2. The van der Waals surface area contributed by atoms with E-state index in [0.717, 1.165) is 0 Å². The van der Waals surface area contributed by atoms with Crippen molar-refractivity contribution in [3.05, 3.63) is 0 Å². The summed E-state index contributed by atoms with van der Waals surface area (Å²) in [6, 6.07) is 0. The number of halogens is 1. The van der Waals surface area contributed by atoms with Crippen molar-refractivity contribution in [2.75, 3.05) is 0 Å². The molecule has 0 aliphatic rings. The van der Waals surface area contributed by atoms with Gasteiger partial charge in [-0.2, -0.15) is 0 Å². The van der Waals surface area contributed by atoms with Crippen LogP contribution < -0.4 is 63.4 Å². The molecule has 0 aromatic heterocycles. The van der Waals surface area contributed by atoms with Crippen LogP contribution in [0, 0.1) is 0 Å². The van der Waals surface area contributed by atoms with Crippen LogP contribution in [0.15, 0.2) is 0 Å². The molecule has 0 aliphatic heterocycles. The first kappa shape index (κ1) is 16.9. The van der Waals surface area contributed by atoms with Crippen molar-refractivity contribution in [1.82, 2.24) is 0 Å². The van der Waals surface area contributed by atoms with Gasteiger partial charge in [0.25, 0.3) is 0 Å². The molecule has 50 valence electrons. The summed E-state index contributed by atoms with van der Waals surface area (Å²) in [5.41, 5.74) is 0. The first-order chi connectivity index (χ1) is 3.41. The van der Waals surface area contributed by atoms with E-state index in [1.165, 1.54) is 0 Å². The topological polar surface area (TPSA) is 133 Å². The van der Waals surface area contributed by atoms with Crippen LogP contribution in [0.1, 0.15) is 0 Å². The Bertz CT molecular complexity index is 36.8. The molecular weight excluding hydrogens is 257 g/mol. The van der Waals surface area contributed by atoms with Crippen molar-refractivity contribution >= 4 is 7.69 Å². The van der Waals surface area contributed by atoms with E-state index in [1.54, 1.807) is 0 Å². The molecule has 0 heterocycles. The fraction of sp³-hybridized carbons (Fsp3) is 0. The molecule has 0 unspecified atom stereocenters. The largest absolute Gasteiger partial charge is 1.00 e. The minimum absolute atomic E-state index is 0. The van der Waals surface area contributed by atoms with Gasteiger partial charge in [0.2, 0.25) is 0 Å². The van der Waals surface area contributed by atoms with E-state index in [0.29, 0.717) is 0 Å². The molecule has 0 saturated carbocycles. The van der Waals surface area contributed by atoms with E-state index < -0.39 is 27.8 Å². The number of rotatable bonds is 0. The summed E-state index contributed by atoms with van der Waals surface area (Å²) < 4.78 is 34.5. The smallest absolute Gasteiger partial charge is 0.430 e. The van der Waals surface area contributed by atoms with Crippen molar-refractivity contribution in [2.45, 2.75) is 0 Å². The van der Waals surface area contributed by atoms with Gasteiger partial charge in [0.15, 0.2) is 0 Å². The van der Waals surface area contributed by atoms with Crippen LogP contribution >= 0.6 is 0 Å². The first-order valence-electron chi connectivity index (χ1n) is 1.25. The van der Waals surface area contributed by atoms with Gasteiger partial charge in [0, 0.05) is 0 Å². The predicted octanol–water partition coefficient (Wildman–Crippen LogP) is -12.5. The van der Waals surface area contributed by atoms with Gasteiger partial charge in [0.05, 0.1) is 0 Å². The molecule has 0 saturated heterocycles. The van der Waals surface area contributed by atoms with E-state index in [4.69, 9.17) is 23.8 Å². The third-order valence-corrected chi connectivity index (χ3v) is 0. The molecule has 0 rings (SSSR count). The van der Waals surface area contributed by atoms with Gasteiger partial charge >= 0.3 is 37.2 Å². The van der Waals surface area contributed by atoms with Crippen LogP contribution in [0.25, 0.3) is 0 Å². The zero-order chi connectivity index (χ0) is 7.21. The molecular formula is H3BINaO6. The normalized spacial score (nSPS) is 8.22. The van der Waals surface area contributed by atoms with Gasteiger partial charge in [-0.15, -0.1) is 0 Å². The molecule has 0 spiro atoms. The Morgan fingerprint density at radius 2 is 1.00 bits per heavy atom. The summed E-state index contributed by atoms with van der Waals surface area (Å²) >= 11 is -5.94. The van der Waals surface area contributed by atoms with Crippen molar-refractivity contribution in [2.24, 2.45) is 0 Å². The summed E-state index contributed by atoms with van der Waals surface area (Å²) in [6.07, 6.45) is 0. The molecule has 9 heteroatoms. The van der Waals surface area contributed by atoms with Gasteiger partial charge in [-0.3, -0.25) is 13.7 Å². The molecule has 0 atom stereocenters. The van der Waals surface area contributed by atoms with Gasteiger partial charge < -0.3 is 10.0 Å². The maximum absolute atomic E-state index is 8.62. The van der Waals surface area contributed by atoms with Crippen molar-refractivity contribution in [3.63, 3.8) is 0 Å². The SMILES string of the molecule is OBO.[Na+].[O-][I+3]([O-])([O-])[O-]. The predicted molar refractivity (Wildman–Crippen MR) is 11.6 cm³/mol. The van der Waals surface area contributed by atoms with E-state index in [9.17, 15) is 0 Å². The summed E-state index contributed by atoms with van der Waals surface area (Å²) in [4.78, 5) is 0. The molecule has 0 fully saturated rings. The van der Waals surface area contributed by atoms with E-state index >= 15 is 0 Å². The second-order valence-corrected chi connectivity index (χ2v) is 2.68. The Balaban J connectivity index is -0.0000000800. The van der Waals surface area contributed by atoms with Crippen LogP contribution in [0.3, 0.4) is 0 Å². The Morgan fingerprint density at radius 1 is 1.00 bits per heavy atom. The maximum atomic E-state index is 8.62. The third-order valence-electron chi connectivity index (χ3n) is 0. The van der Waals surface area contributed by atoms with E-state index in [1.807, 2.05) is 0 Å². The van der Waals surface area contributed by atoms with Crippen molar-refractivity contribution < 1.29 is 73.4 Å². The molecule has 6 nitrogen and oxygen atoms in total. The van der Waals surface area contributed by atoms with Gasteiger partial charge in [0.1, 0.15) is 20.1 Å². The minimum atomic E-state index is -5.94. The molecule has 9 heavy (non-hydrogen) atoms. The van der Waals surface area contributed by atoms with Crippen LogP contribution in [-0.2, 0) is 0 Å². The van der Waals surface area contributed by atoms with Crippen LogP contribution in [0.5, 0.6) is 0 Å². The molecule has 0 radical (unpaired) electrons. The maximum Gasteiger partial charge on any atom is 1.00 e. The third kappa shape index (κ3) is 226. The second kappa shape index (κ2) is 9.55. The zero-order valence-corrected chi connectivity index (χ0v) is 8.77. The van der Waals surface area contributed by atoms with Gasteiger partial charge in [-0.25, -0.2) is 0 Å². The van der Waals surface area contributed by atoms with Crippen LogP contribution in [0.2, 0.25) is 0 Å². The standard InChI is InChI=1S/BH3O2.IO4.Na/c2-1-3;2-1(3,4)5;/h1-3H;;/q;-1;+1. The average molecular weight is 260 g/mol. The quantitative estimate of drug-likeness (QED) is 0.328. The Morgan fingerprint density at radius 3 is 1.00 bits per heavy atom. The molecule has 0 aromatic rings. The summed E-state index contributed by atoms with van der Waals surface area (Å²) in [7, 11) is -0.750. The molecule has 0 aliphatic carbocycles. The van der Waals surface area contributed by atoms with Crippen molar-refractivity contribution in [3.8, 4) is 0 Å². The summed E-state index contributed by atoms with van der Waals surface area (Å²) in [6.45, 7) is 0. The zero-order valence-electron chi connectivity index (χ0n) is 4.61. The fourth-order valence-electron chi connectivity index (χ4n) is 0. The summed E-state index contributed by atoms with van der Waals surface area (Å²) in [5.74, 6) is 0. The van der Waals surface area contributed by atoms with E-state index in [2.05, 4.69) is 0 Å². The monoisotopic (exact) mass is 260 g/mol. The minimum Gasteiger partial charge on any atom is -0.430 e. The fourth-order valence-corrected chi connectivity index (χ4v) is 0. The number of hydrogen-bond donors (Lipinski definition) is 2. The molecule has 2 N–H and O–H groups in total. The second-order valence-electron chi connectivity index (χ2n) is 0.519. The van der Waals surface area contributed by atoms with E-state index in [-0.39, 0.29) is 29.6 Å². The first-order valence-corrected chi connectivity index (χ1v) is 4.77. The Kier molecular flexibility index (Phi) is 17.9. The Labute approximate surface area is 80.5 Å².